The lowest BCUT2D eigenvalue weighted by molar-refractivity contribution is -0.149. The first-order valence-electron chi connectivity index (χ1n) is 11.2. The number of benzene rings is 2. The van der Waals surface area contributed by atoms with Gasteiger partial charge in [-0.05, 0) is 31.9 Å². The molecule has 0 heterocycles. The molecule has 9 nitrogen and oxygen atoms in total. The van der Waals surface area contributed by atoms with Crippen LogP contribution in [0.25, 0.3) is 0 Å². The monoisotopic (exact) mass is 484 g/mol. The summed E-state index contributed by atoms with van der Waals surface area (Å²) in [5.74, 6) is -2.09. The molecule has 0 aliphatic carbocycles. The number of ether oxygens (including phenoxy) is 3. The Labute approximate surface area is 205 Å². The molecule has 0 saturated heterocycles. The maximum Gasteiger partial charge on any atom is 0.408 e. The summed E-state index contributed by atoms with van der Waals surface area (Å²) in [7, 11) is 1.22. The Morgan fingerprint density at radius 3 is 1.91 bits per heavy atom. The Bertz CT molecular complexity index is 988. The molecule has 2 amide bonds. The van der Waals surface area contributed by atoms with Crippen LogP contribution in [0.2, 0.25) is 0 Å². The van der Waals surface area contributed by atoms with Crippen molar-refractivity contribution >= 4 is 23.9 Å². The van der Waals surface area contributed by atoms with E-state index in [0.717, 1.165) is 11.1 Å². The van der Waals surface area contributed by atoms with Gasteiger partial charge >= 0.3 is 18.0 Å². The van der Waals surface area contributed by atoms with Crippen LogP contribution in [0.4, 0.5) is 4.79 Å². The van der Waals surface area contributed by atoms with Gasteiger partial charge in [0.15, 0.2) is 0 Å². The highest BCUT2D eigenvalue weighted by Gasteiger charge is 2.30. The molecule has 0 aliphatic rings. The summed E-state index contributed by atoms with van der Waals surface area (Å²) < 4.78 is 15.3. The van der Waals surface area contributed by atoms with Crippen LogP contribution in [0, 0.1) is 0 Å². The molecule has 2 N–H and O–H groups in total. The zero-order valence-corrected chi connectivity index (χ0v) is 20.4. The first kappa shape index (κ1) is 27.4. The quantitative estimate of drug-likeness (QED) is 0.393. The lowest BCUT2D eigenvalue weighted by Gasteiger charge is -2.23. The topological polar surface area (TPSA) is 120 Å². The molecule has 0 aromatic heterocycles. The van der Waals surface area contributed by atoms with Crippen molar-refractivity contribution in [1.29, 1.82) is 0 Å². The Kier molecular flexibility index (Phi) is 10.3. The van der Waals surface area contributed by atoms with Crippen LogP contribution in [-0.4, -0.2) is 48.7 Å². The Hall–Kier alpha value is -3.88. The summed E-state index contributed by atoms with van der Waals surface area (Å²) in [6, 6.07) is 15.8. The van der Waals surface area contributed by atoms with Crippen molar-refractivity contribution in [2.24, 2.45) is 0 Å². The van der Waals surface area contributed by atoms with Gasteiger partial charge in [0.2, 0.25) is 5.91 Å². The third-order valence-corrected chi connectivity index (χ3v) is 4.69. The Balaban J connectivity index is 2.09. The van der Waals surface area contributed by atoms with E-state index in [0.29, 0.717) is 0 Å². The molecule has 2 aromatic rings. The first-order chi connectivity index (χ1) is 16.6. The number of nitrogens with one attached hydrogen (secondary N) is 2. The molecular formula is C26H32N2O7. The van der Waals surface area contributed by atoms with E-state index in [-0.39, 0.29) is 13.0 Å². The highest BCUT2D eigenvalue weighted by atomic mass is 16.6. The molecule has 0 spiro atoms. The zero-order valence-electron chi connectivity index (χ0n) is 20.4. The minimum absolute atomic E-state index is 0.0351. The van der Waals surface area contributed by atoms with Gasteiger partial charge in [-0.2, -0.15) is 0 Å². The van der Waals surface area contributed by atoms with Gasteiger partial charge in [-0.15, -0.1) is 0 Å². The predicted octanol–water partition coefficient (Wildman–Crippen LogP) is 2.91. The third-order valence-electron chi connectivity index (χ3n) is 4.69. The summed E-state index contributed by atoms with van der Waals surface area (Å²) >= 11 is 0. The second kappa shape index (κ2) is 13.1. The molecule has 0 saturated carbocycles. The van der Waals surface area contributed by atoms with Crippen molar-refractivity contribution in [1.82, 2.24) is 10.6 Å². The second-order valence-electron chi connectivity index (χ2n) is 8.83. The van der Waals surface area contributed by atoms with Crippen molar-refractivity contribution in [3.63, 3.8) is 0 Å². The molecule has 188 valence electrons. The molecule has 9 heteroatoms. The van der Waals surface area contributed by atoms with Gasteiger partial charge in [0.05, 0.1) is 13.5 Å². The standard InChI is InChI=1S/C26H32N2O7/c1-26(2,3)35-25(32)28-21(24(31)34-17-19-13-9-6-10-14-19)16-22(29)27-20(23(30)33-4)15-18-11-7-5-8-12-18/h5-14,20-21H,15-17H2,1-4H3,(H,27,29)(H,28,32)/t20-,21-/m0/s1. The normalized spacial score (nSPS) is 12.6. The maximum absolute atomic E-state index is 12.8. The number of rotatable bonds is 10. The fraction of sp³-hybridized carbons (Fsp3) is 0.385. The first-order valence-corrected chi connectivity index (χ1v) is 11.2. The molecule has 0 fully saturated rings. The summed E-state index contributed by atoms with van der Waals surface area (Å²) in [5, 5.41) is 4.98. The van der Waals surface area contributed by atoms with Crippen LogP contribution >= 0.6 is 0 Å². The van der Waals surface area contributed by atoms with E-state index in [2.05, 4.69) is 10.6 Å². The minimum Gasteiger partial charge on any atom is -0.467 e. The van der Waals surface area contributed by atoms with Gasteiger partial charge in [-0.1, -0.05) is 60.7 Å². The molecule has 0 unspecified atom stereocenters. The van der Waals surface area contributed by atoms with E-state index in [4.69, 9.17) is 14.2 Å². The van der Waals surface area contributed by atoms with Crippen LogP contribution in [0.15, 0.2) is 60.7 Å². The molecule has 0 aliphatic heterocycles. The summed E-state index contributed by atoms with van der Waals surface area (Å²) in [6.07, 6.45) is -1.14. The van der Waals surface area contributed by atoms with Crippen LogP contribution in [0.1, 0.15) is 38.3 Å². The highest BCUT2D eigenvalue weighted by molar-refractivity contribution is 5.90. The fourth-order valence-electron chi connectivity index (χ4n) is 3.10. The van der Waals surface area contributed by atoms with E-state index in [1.54, 1.807) is 45.0 Å². The Morgan fingerprint density at radius 2 is 1.37 bits per heavy atom. The minimum atomic E-state index is -1.33. The van der Waals surface area contributed by atoms with Crippen LogP contribution < -0.4 is 10.6 Å². The lowest BCUT2D eigenvalue weighted by Crippen LogP contribution is -2.49. The van der Waals surface area contributed by atoms with Crippen molar-refractivity contribution < 1.29 is 33.4 Å². The molecule has 0 radical (unpaired) electrons. The number of hydrogen-bond donors (Lipinski definition) is 2. The molecule has 2 atom stereocenters. The number of carbonyl (C=O) groups is 4. The van der Waals surface area contributed by atoms with Crippen LogP contribution in [-0.2, 0) is 41.6 Å². The van der Waals surface area contributed by atoms with Gasteiger partial charge in [-0.25, -0.2) is 14.4 Å². The van der Waals surface area contributed by atoms with Crippen LogP contribution in [0.5, 0.6) is 0 Å². The number of esters is 2. The van der Waals surface area contributed by atoms with E-state index in [1.807, 2.05) is 36.4 Å². The Morgan fingerprint density at radius 1 is 0.800 bits per heavy atom. The van der Waals surface area contributed by atoms with E-state index in [9.17, 15) is 19.2 Å². The van der Waals surface area contributed by atoms with Crippen molar-refractivity contribution in [2.45, 2.75) is 57.9 Å². The summed E-state index contributed by atoms with van der Waals surface area (Å²) in [5.41, 5.74) is 0.750. The predicted molar refractivity (Wildman–Crippen MR) is 128 cm³/mol. The molecule has 2 aromatic carbocycles. The number of amides is 2. The van der Waals surface area contributed by atoms with Crippen molar-refractivity contribution in [3.05, 3.63) is 71.8 Å². The largest absolute Gasteiger partial charge is 0.467 e. The van der Waals surface area contributed by atoms with E-state index >= 15 is 0 Å². The fourth-order valence-corrected chi connectivity index (χ4v) is 3.10. The third kappa shape index (κ3) is 10.3. The second-order valence-corrected chi connectivity index (χ2v) is 8.83. The van der Waals surface area contributed by atoms with E-state index < -0.39 is 48.0 Å². The van der Waals surface area contributed by atoms with Gasteiger partial charge in [-0.3, -0.25) is 4.79 Å². The average Bonchev–Trinajstić information content (AvgIpc) is 2.81. The zero-order chi connectivity index (χ0) is 25.8. The summed E-state index contributed by atoms with van der Waals surface area (Å²) in [4.78, 5) is 50.1. The number of hydrogen-bond acceptors (Lipinski definition) is 7. The smallest absolute Gasteiger partial charge is 0.408 e. The number of carbonyl (C=O) groups excluding carboxylic acids is 4. The lowest BCUT2D eigenvalue weighted by atomic mass is 10.1. The molecular weight excluding hydrogens is 452 g/mol. The number of alkyl carbamates (subject to hydrolysis) is 1. The van der Waals surface area contributed by atoms with Gasteiger partial charge in [0.25, 0.3) is 0 Å². The average molecular weight is 485 g/mol. The SMILES string of the molecule is COC(=O)[C@H](Cc1ccccc1)NC(=O)C[C@H](NC(=O)OC(C)(C)C)C(=O)OCc1ccccc1. The van der Waals surface area contributed by atoms with Gasteiger partial charge in [0.1, 0.15) is 24.3 Å². The molecule has 35 heavy (non-hydrogen) atoms. The van der Waals surface area contributed by atoms with E-state index in [1.165, 1.54) is 7.11 Å². The van der Waals surface area contributed by atoms with Crippen LogP contribution in [0.3, 0.4) is 0 Å². The maximum atomic E-state index is 12.8. The van der Waals surface area contributed by atoms with Gasteiger partial charge < -0.3 is 24.8 Å². The van der Waals surface area contributed by atoms with Crippen molar-refractivity contribution in [3.8, 4) is 0 Å². The summed E-state index contributed by atoms with van der Waals surface area (Å²) in [6.45, 7) is 4.98. The molecule has 2 rings (SSSR count). The number of methoxy groups -OCH3 is 1. The van der Waals surface area contributed by atoms with Crippen molar-refractivity contribution in [2.75, 3.05) is 7.11 Å². The molecule has 0 bridgehead atoms. The highest BCUT2D eigenvalue weighted by Crippen LogP contribution is 2.10. The van der Waals surface area contributed by atoms with Gasteiger partial charge in [0, 0.05) is 6.42 Å².